The van der Waals surface area contributed by atoms with E-state index in [0.29, 0.717) is 177 Å². The van der Waals surface area contributed by atoms with E-state index in [4.69, 9.17) is 43.4 Å². The first kappa shape index (κ1) is 118. The number of carbonyl (C=O) groups excluding carboxylic acids is 9. The molecule has 150 heavy (non-hydrogen) atoms. The van der Waals surface area contributed by atoms with Crippen molar-refractivity contribution in [3.63, 3.8) is 0 Å². The number of nitrogens with one attached hydrogen (secondary N) is 6. The number of rotatable bonds is 33. The van der Waals surface area contributed by atoms with Gasteiger partial charge in [-0.05, 0) is 293 Å². The predicted octanol–water partition coefficient (Wildman–Crippen LogP) is 15.7. The Morgan fingerprint density at radius 3 is 0.687 bits per heavy atom. The summed E-state index contributed by atoms with van der Waals surface area (Å²) in [5.41, 5.74) is 14.7. The van der Waals surface area contributed by atoms with Crippen molar-refractivity contribution in [2.24, 2.45) is 0 Å². The number of hydrogen-bond donors (Lipinski definition) is 6. The van der Waals surface area contributed by atoms with E-state index < -0.39 is 87.9 Å². The van der Waals surface area contributed by atoms with Crippen LogP contribution in [0.5, 0.6) is 0 Å². The molecule has 3 heterocycles. The Hall–Kier alpha value is -14.1. The number of benzene rings is 10. The molecule has 3 aromatic heterocycles. The molecule has 0 atom stereocenters. The third kappa shape index (κ3) is 31.5. The van der Waals surface area contributed by atoms with Crippen LogP contribution in [0.2, 0.25) is 0 Å². The molecule has 0 fully saturated rings. The Labute approximate surface area is 898 Å². The highest BCUT2D eigenvalue weighted by Gasteiger charge is 2.36. The molecule has 0 aliphatic heterocycles. The largest absolute Gasteiger partial charge is 1.00 e. The minimum absolute atomic E-state index is 0. The fourth-order valence-electron chi connectivity index (χ4n) is 17.6. The number of unbranched alkanes of at least 4 members (excludes halogenated alkanes) is 9. The Balaban J connectivity index is 0.00000766. The standard InChI is InChI=1S/C117H141N15O15.3ClH/c1-73-58-88-97(67-85(73)124-106(136)142-112(7,8)9)130(82-46-34-31-35-47-82)100-70-94(76(4)61-91(100)121-88)127(109(139)145-115(16,17)18)55-43-28-25-40-52-118-103(133)79-64-80(104(134)119-53-41-26-29-44-56-128(110(140)146-116(19,20)21)95-71-101-92(62-77(95)5)122-89-59-74(2)86(125-107(137)143-113(10,11)12)68-98(89)131(101)83-48-36-32-37-49-83)66-81(65-79)105(135)120-54-42-27-30-45-57-129(111(141)147-117(22,23)24)96-72-102-93(63-78(96)6)123-90-60-75(3)87(126-108(138)144-114(13,14)15)69-99(90)132(102)84-50-38-33-39-51-84;;;/h31-39,46-51,58-72H,25-30,40-45,52-57H2,1-24H3,(H3,118,119,120,133,134,135);3*1H. The van der Waals surface area contributed by atoms with Crippen LogP contribution in [0.4, 0.5) is 62.9 Å². The number of carbonyl (C=O) groups is 9. The molecule has 798 valence electrons. The number of hydrogen-bond acceptors (Lipinski definition) is 18. The van der Waals surface area contributed by atoms with Gasteiger partial charge in [-0.3, -0.25) is 45.0 Å². The van der Waals surface area contributed by atoms with Crippen LogP contribution in [0.25, 0.3) is 83.3 Å². The lowest BCUT2D eigenvalue weighted by Crippen LogP contribution is -3.00. The highest BCUT2D eigenvalue weighted by molar-refractivity contribution is 6.05. The van der Waals surface area contributed by atoms with Gasteiger partial charge in [-0.25, -0.2) is 43.7 Å². The third-order valence-electron chi connectivity index (χ3n) is 24.2. The molecule has 0 aliphatic rings. The van der Waals surface area contributed by atoms with Gasteiger partial charge in [0.25, 0.3) is 17.7 Å². The molecule has 6 N–H and O–H groups in total. The minimum atomic E-state index is -0.831. The summed E-state index contributed by atoms with van der Waals surface area (Å²) < 4.78 is 41.6. The van der Waals surface area contributed by atoms with Crippen molar-refractivity contribution in [1.29, 1.82) is 0 Å². The highest BCUT2D eigenvalue weighted by atomic mass is 35.5. The first-order valence-electron chi connectivity index (χ1n) is 50.9. The predicted molar refractivity (Wildman–Crippen MR) is 580 cm³/mol. The van der Waals surface area contributed by atoms with Gasteiger partial charge in [0.2, 0.25) is 50.2 Å². The second-order valence-corrected chi connectivity index (χ2v) is 43.8. The zero-order chi connectivity index (χ0) is 107. The Morgan fingerprint density at radius 1 is 0.260 bits per heavy atom. The maximum absolute atomic E-state index is 14.6. The molecule has 0 radical (unpaired) electrons. The number of anilines is 6. The lowest BCUT2D eigenvalue weighted by molar-refractivity contribution is -0.538. The maximum Gasteiger partial charge on any atom is 0.414 e. The average molecular weight is 2110 g/mol. The molecule has 0 aliphatic carbocycles. The average Bonchev–Trinajstić information content (AvgIpc) is 0.747. The van der Waals surface area contributed by atoms with Crippen molar-refractivity contribution in [3.05, 3.63) is 232 Å². The first-order valence-corrected chi connectivity index (χ1v) is 50.9. The van der Waals surface area contributed by atoms with Crippen molar-refractivity contribution in [2.75, 3.05) is 69.9 Å². The molecule has 33 heteroatoms. The van der Waals surface area contributed by atoms with Crippen LogP contribution in [0, 0.1) is 41.5 Å². The molecular formula is C117H144Cl3N15O15. The van der Waals surface area contributed by atoms with Gasteiger partial charge in [0.15, 0.2) is 0 Å². The number of ether oxygens (including phenoxy) is 6. The van der Waals surface area contributed by atoms with Gasteiger partial charge >= 0.3 is 36.6 Å². The number of halogens is 3. The number of nitrogens with zero attached hydrogens (tertiary/aromatic N) is 9. The molecule has 0 saturated carbocycles. The highest BCUT2D eigenvalue weighted by Crippen LogP contribution is 2.37. The van der Waals surface area contributed by atoms with Crippen molar-refractivity contribution in [1.82, 2.24) is 30.9 Å². The number of aromatic nitrogens is 6. The summed E-state index contributed by atoms with van der Waals surface area (Å²) in [6.45, 7) is 45.9. The second-order valence-electron chi connectivity index (χ2n) is 43.8. The third-order valence-corrected chi connectivity index (χ3v) is 24.2. The van der Waals surface area contributed by atoms with Crippen LogP contribution in [-0.2, 0) is 28.4 Å². The summed E-state index contributed by atoms with van der Waals surface area (Å²) in [4.78, 5) is 148. The lowest BCUT2D eigenvalue weighted by Gasteiger charge is -2.28. The zero-order valence-corrected chi connectivity index (χ0v) is 93.1. The van der Waals surface area contributed by atoms with Crippen LogP contribution in [-0.4, -0.2) is 142 Å². The van der Waals surface area contributed by atoms with E-state index in [-0.39, 0.29) is 93.2 Å². The van der Waals surface area contributed by atoms with Crippen molar-refractivity contribution < 1.29 is 122 Å². The van der Waals surface area contributed by atoms with E-state index in [1.165, 1.54) is 18.2 Å². The summed E-state index contributed by atoms with van der Waals surface area (Å²) in [6, 6.07) is 57.2. The van der Waals surface area contributed by atoms with E-state index in [9.17, 15) is 43.2 Å². The first-order chi connectivity index (χ1) is 69.3. The molecule has 10 aromatic carbocycles. The van der Waals surface area contributed by atoms with Crippen molar-refractivity contribution >= 4 is 155 Å². The molecule has 30 nitrogen and oxygen atoms in total. The van der Waals surface area contributed by atoms with E-state index in [1.807, 2.05) is 330 Å². The number of para-hydroxylation sites is 3. The minimum Gasteiger partial charge on any atom is -1.00 e. The van der Waals surface area contributed by atoms with Gasteiger partial charge in [-0.1, -0.05) is 93.1 Å². The van der Waals surface area contributed by atoms with E-state index in [0.717, 1.165) is 50.4 Å². The van der Waals surface area contributed by atoms with Crippen LogP contribution in [0.1, 0.15) is 266 Å². The fraction of sp³-hybridized carbons (Fsp3) is 0.410. The summed E-state index contributed by atoms with van der Waals surface area (Å²) in [6.07, 6.45) is 3.97. The number of amides is 9. The lowest BCUT2D eigenvalue weighted by atomic mass is 10.0. The maximum atomic E-state index is 14.6. The molecular weight excluding hydrogens is 1960 g/mol. The Kier molecular flexibility index (Phi) is 39.3. The van der Waals surface area contributed by atoms with Crippen molar-refractivity contribution in [3.8, 4) is 17.1 Å². The molecule has 9 amide bonds. The van der Waals surface area contributed by atoms with Gasteiger partial charge < -0.3 is 81.6 Å². The SMILES string of the molecule is Cc1cc2nc3cc(C)c(N(CCCCCCNC(=O)c4cc(C(=O)NCCCCCCN(C(=O)OC(C)(C)C)c5cc6c(cc5C)nc5cc(C)c(NC(=O)OC(C)(C)C)cc5[n+]6-c5ccccc5)cc(C(=O)NCCCCCCN(C(=O)OC(C)(C)C)c5cc6c(cc5C)nc5cc(C)c(NC(=O)OC(C)(C)C)cc5[n+]6-c5ccccc5)c4)C(=O)OC(C)(C)C)cc3[n+](-c3ccccc3)c2cc1NC(=O)OC(C)(C)C.[Cl-].[Cl-].[Cl-]. The molecule has 0 saturated heterocycles. The number of fused-ring (bicyclic) bond motifs is 6. The van der Waals surface area contributed by atoms with Gasteiger partial charge in [0.05, 0.1) is 34.1 Å². The Bertz CT molecular complexity index is 6460. The molecule has 0 bridgehead atoms. The summed E-state index contributed by atoms with van der Waals surface area (Å²) >= 11 is 0. The van der Waals surface area contributed by atoms with Gasteiger partial charge in [0.1, 0.15) is 66.7 Å². The zero-order valence-electron chi connectivity index (χ0n) is 90.8. The van der Waals surface area contributed by atoms with Crippen LogP contribution in [0.15, 0.2) is 182 Å². The molecule has 13 aromatic rings. The van der Waals surface area contributed by atoms with E-state index in [2.05, 4.69) is 45.6 Å². The quantitative estimate of drug-likeness (QED) is 0.00963. The van der Waals surface area contributed by atoms with E-state index in [1.54, 1.807) is 14.7 Å². The summed E-state index contributed by atoms with van der Waals surface area (Å²) in [7, 11) is 0. The van der Waals surface area contributed by atoms with Crippen LogP contribution < -0.4 is 97.5 Å². The fourth-order valence-corrected chi connectivity index (χ4v) is 17.6. The summed E-state index contributed by atoms with van der Waals surface area (Å²) in [5, 5.41) is 18.0. The molecule has 13 rings (SSSR count). The van der Waals surface area contributed by atoms with E-state index >= 15 is 0 Å². The Morgan fingerprint density at radius 2 is 0.467 bits per heavy atom. The number of aryl methyl sites for hydroxylation is 6. The monoisotopic (exact) mass is 2100 g/mol. The van der Waals surface area contributed by atoms with Gasteiger partial charge in [-0.2, -0.15) is 0 Å². The second kappa shape index (κ2) is 50.0. The van der Waals surface area contributed by atoms with Gasteiger partial charge in [-0.15, -0.1) is 13.7 Å². The van der Waals surface area contributed by atoms with Gasteiger partial charge in [0, 0.05) is 129 Å². The van der Waals surface area contributed by atoms with Crippen LogP contribution in [0.3, 0.4) is 0 Å². The molecule has 0 spiro atoms. The smallest absolute Gasteiger partial charge is 0.414 e. The van der Waals surface area contributed by atoms with Crippen molar-refractivity contribution in [2.45, 2.75) is 277 Å². The molecule has 0 unspecified atom stereocenters. The normalized spacial score (nSPS) is 11.8. The van der Waals surface area contributed by atoms with Crippen LogP contribution >= 0.6 is 0 Å². The summed E-state index contributed by atoms with van der Waals surface area (Å²) in [5.74, 6) is -1.46. The topological polar surface area (TPSA) is 341 Å².